The van der Waals surface area contributed by atoms with Crippen LogP contribution in [0.2, 0.25) is 5.02 Å². The molecule has 1 heterocycles. The van der Waals surface area contributed by atoms with Gasteiger partial charge < -0.3 is 9.64 Å². The van der Waals surface area contributed by atoms with Gasteiger partial charge >= 0.3 is 0 Å². The van der Waals surface area contributed by atoms with Crippen molar-refractivity contribution in [1.82, 2.24) is 14.5 Å². The van der Waals surface area contributed by atoms with E-state index in [1.807, 2.05) is 13.8 Å². The van der Waals surface area contributed by atoms with E-state index in [0.717, 1.165) is 5.56 Å². The first-order valence-corrected chi connectivity index (χ1v) is 12.1. The van der Waals surface area contributed by atoms with Gasteiger partial charge in [0.15, 0.2) is 6.61 Å². The summed E-state index contributed by atoms with van der Waals surface area (Å²) in [6, 6.07) is 10.7. The highest BCUT2D eigenvalue weighted by Gasteiger charge is 2.32. The van der Waals surface area contributed by atoms with Crippen LogP contribution in [0.5, 0.6) is 5.75 Å². The summed E-state index contributed by atoms with van der Waals surface area (Å²) < 4.78 is 45.5. The molecule has 2 aromatic carbocycles. The van der Waals surface area contributed by atoms with Crippen LogP contribution in [0.3, 0.4) is 0 Å². The molecule has 174 valence electrons. The number of ether oxygens (including phenoxy) is 1. The van der Waals surface area contributed by atoms with Crippen molar-refractivity contribution in [2.24, 2.45) is 0 Å². The smallest absolute Gasteiger partial charge is 0.260 e. The Balaban J connectivity index is 1.64. The zero-order chi connectivity index (χ0) is 23.5. The van der Waals surface area contributed by atoms with E-state index in [9.17, 15) is 17.6 Å². The number of rotatable bonds is 7. The number of carbonyl (C=O) groups excluding carboxylic acids is 1. The van der Waals surface area contributed by atoms with Gasteiger partial charge in [-0.05, 0) is 56.8 Å². The second kappa shape index (κ2) is 10.2. The molecular weight excluding hydrogens is 457 g/mol. The topological polar surface area (TPSA) is 78.9 Å². The van der Waals surface area contributed by atoms with Crippen LogP contribution < -0.4 is 9.46 Å². The Morgan fingerprint density at radius 2 is 1.84 bits per heavy atom. The number of piperazine rings is 1. The summed E-state index contributed by atoms with van der Waals surface area (Å²) in [6.07, 6.45) is 0. The normalized spacial score (nSPS) is 19.7. The highest BCUT2D eigenvalue weighted by molar-refractivity contribution is 7.89. The van der Waals surface area contributed by atoms with Gasteiger partial charge in [-0.25, -0.2) is 17.5 Å². The van der Waals surface area contributed by atoms with Gasteiger partial charge in [0.05, 0.1) is 0 Å². The van der Waals surface area contributed by atoms with E-state index in [1.165, 1.54) is 37.4 Å². The molecule has 0 aromatic heterocycles. The maximum atomic E-state index is 13.2. The Kier molecular flexibility index (Phi) is 7.76. The van der Waals surface area contributed by atoms with Crippen LogP contribution in [0, 0.1) is 5.82 Å². The molecular formula is C22H27ClFN3O4S. The number of sulfonamides is 1. The van der Waals surface area contributed by atoms with Crippen LogP contribution in [-0.4, -0.2) is 63.0 Å². The first-order valence-electron chi connectivity index (χ1n) is 10.2. The number of amides is 1. The summed E-state index contributed by atoms with van der Waals surface area (Å²) in [5, 5.41) is 0.247. The van der Waals surface area contributed by atoms with E-state index >= 15 is 0 Å². The zero-order valence-corrected chi connectivity index (χ0v) is 19.8. The van der Waals surface area contributed by atoms with E-state index in [0.29, 0.717) is 19.6 Å². The van der Waals surface area contributed by atoms with Crippen molar-refractivity contribution in [3.8, 4) is 5.75 Å². The second-order valence-electron chi connectivity index (χ2n) is 7.89. The lowest BCUT2D eigenvalue weighted by Crippen LogP contribution is -2.58. The molecule has 1 aliphatic heterocycles. The van der Waals surface area contributed by atoms with E-state index < -0.39 is 10.0 Å². The van der Waals surface area contributed by atoms with Crippen molar-refractivity contribution in [3.63, 3.8) is 0 Å². The predicted octanol–water partition coefficient (Wildman–Crippen LogP) is 2.89. The van der Waals surface area contributed by atoms with Gasteiger partial charge in [0.2, 0.25) is 10.0 Å². The summed E-state index contributed by atoms with van der Waals surface area (Å²) >= 11 is 5.93. The molecule has 1 saturated heterocycles. The molecule has 2 aromatic rings. The number of halogens is 2. The third-order valence-corrected chi connectivity index (χ3v) is 7.22. The average molecular weight is 484 g/mol. The fourth-order valence-electron chi connectivity index (χ4n) is 3.73. The Morgan fingerprint density at radius 1 is 1.16 bits per heavy atom. The minimum atomic E-state index is -3.80. The van der Waals surface area contributed by atoms with E-state index in [2.05, 4.69) is 9.62 Å². The zero-order valence-electron chi connectivity index (χ0n) is 18.2. The minimum absolute atomic E-state index is 0.0616. The van der Waals surface area contributed by atoms with E-state index in [4.69, 9.17) is 16.3 Å². The molecule has 0 radical (unpaired) electrons. The number of benzene rings is 2. The first-order chi connectivity index (χ1) is 15.1. The maximum absolute atomic E-state index is 13.2. The fourth-order valence-corrected chi connectivity index (χ4v) is 4.86. The van der Waals surface area contributed by atoms with Crippen LogP contribution in [-0.2, 0) is 21.4 Å². The van der Waals surface area contributed by atoms with Crippen molar-refractivity contribution >= 4 is 27.5 Å². The SMILES string of the molecule is CNS(=O)(=O)c1cc(Cl)ccc1OCC(=O)N1C[C@H](C)N(Cc2ccc(F)cc2)C[C@H]1C. The number of nitrogens with one attached hydrogen (secondary N) is 1. The van der Waals surface area contributed by atoms with Gasteiger partial charge in [0, 0.05) is 36.7 Å². The molecule has 0 aliphatic carbocycles. The Hall–Kier alpha value is -2.20. The van der Waals surface area contributed by atoms with E-state index in [1.54, 1.807) is 17.0 Å². The average Bonchev–Trinajstić information content (AvgIpc) is 2.76. The van der Waals surface area contributed by atoms with Gasteiger partial charge in [-0.2, -0.15) is 0 Å². The second-order valence-corrected chi connectivity index (χ2v) is 10.2. The highest BCUT2D eigenvalue weighted by atomic mass is 35.5. The molecule has 10 heteroatoms. The minimum Gasteiger partial charge on any atom is -0.482 e. The monoisotopic (exact) mass is 483 g/mol. The van der Waals surface area contributed by atoms with E-state index in [-0.39, 0.29) is 46.1 Å². The summed E-state index contributed by atoms with van der Waals surface area (Å²) in [5.41, 5.74) is 1.01. The molecule has 0 saturated carbocycles. The summed E-state index contributed by atoms with van der Waals surface area (Å²) in [4.78, 5) is 16.8. The molecule has 7 nitrogen and oxygen atoms in total. The van der Waals surface area contributed by atoms with Crippen molar-refractivity contribution in [3.05, 3.63) is 58.9 Å². The third kappa shape index (κ3) is 5.78. The summed E-state index contributed by atoms with van der Waals surface area (Å²) in [6.45, 7) is 5.54. The van der Waals surface area contributed by atoms with Crippen molar-refractivity contribution in [2.75, 3.05) is 26.7 Å². The van der Waals surface area contributed by atoms with Crippen LogP contribution in [0.25, 0.3) is 0 Å². The summed E-state index contributed by atoms with van der Waals surface area (Å²) in [7, 11) is -2.51. The number of carbonyl (C=O) groups is 1. The lowest BCUT2D eigenvalue weighted by Gasteiger charge is -2.44. The molecule has 3 rings (SSSR count). The molecule has 32 heavy (non-hydrogen) atoms. The number of nitrogens with zero attached hydrogens (tertiary/aromatic N) is 2. The molecule has 0 bridgehead atoms. The van der Waals surface area contributed by atoms with Gasteiger partial charge in [0.25, 0.3) is 5.91 Å². The quantitative estimate of drug-likeness (QED) is 0.655. The molecule has 1 N–H and O–H groups in total. The molecule has 1 fully saturated rings. The maximum Gasteiger partial charge on any atom is 0.260 e. The van der Waals surface area contributed by atoms with Crippen LogP contribution in [0.15, 0.2) is 47.4 Å². The van der Waals surface area contributed by atoms with Crippen molar-refractivity contribution in [2.45, 2.75) is 37.4 Å². The molecule has 1 aliphatic rings. The number of hydrogen-bond donors (Lipinski definition) is 1. The number of hydrogen-bond acceptors (Lipinski definition) is 5. The van der Waals surface area contributed by atoms with Gasteiger partial charge in [-0.15, -0.1) is 0 Å². The summed E-state index contributed by atoms with van der Waals surface area (Å²) in [5.74, 6) is -0.432. The lowest BCUT2D eigenvalue weighted by molar-refractivity contribution is -0.139. The lowest BCUT2D eigenvalue weighted by atomic mass is 10.1. The third-order valence-electron chi connectivity index (χ3n) is 5.55. The van der Waals surface area contributed by atoms with Crippen LogP contribution >= 0.6 is 11.6 Å². The van der Waals surface area contributed by atoms with Crippen LogP contribution in [0.1, 0.15) is 19.4 Å². The largest absolute Gasteiger partial charge is 0.482 e. The molecule has 0 spiro atoms. The van der Waals surface area contributed by atoms with Gasteiger partial charge in [-0.3, -0.25) is 9.69 Å². The molecule has 1 amide bonds. The Labute approximate surface area is 193 Å². The van der Waals surface area contributed by atoms with Crippen LogP contribution in [0.4, 0.5) is 4.39 Å². The molecule has 2 atom stereocenters. The first kappa shape index (κ1) is 24.4. The highest BCUT2D eigenvalue weighted by Crippen LogP contribution is 2.27. The van der Waals surface area contributed by atoms with Crippen molar-refractivity contribution < 1.29 is 22.3 Å². The Morgan fingerprint density at radius 3 is 2.50 bits per heavy atom. The van der Waals surface area contributed by atoms with Gasteiger partial charge in [-0.1, -0.05) is 23.7 Å². The van der Waals surface area contributed by atoms with Crippen molar-refractivity contribution in [1.29, 1.82) is 0 Å². The van der Waals surface area contributed by atoms with Gasteiger partial charge in [0.1, 0.15) is 16.5 Å². The fraction of sp³-hybridized carbons (Fsp3) is 0.409. The predicted molar refractivity (Wildman–Crippen MR) is 121 cm³/mol. The molecule has 0 unspecified atom stereocenters. The Bertz CT molecular complexity index is 1070. The standard InChI is InChI=1S/C22H27ClFN3O4S/c1-15-12-27(16(2)11-26(15)13-17-4-7-19(24)8-5-17)22(28)14-31-20-9-6-18(23)10-21(20)32(29,30)25-3/h4-10,15-16,25H,11-14H2,1-3H3/t15-,16+/m0/s1.